The number of hydrogen-bond donors (Lipinski definition) is 0. The summed E-state index contributed by atoms with van der Waals surface area (Å²) >= 11 is 4.48. The van der Waals surface area contributed by atoms with Gasteiger partial charge in [-0.2, -0.15) is 4.99 Å². The molecule has 3 nitrogen and oxygen atoms in total. The molecule has 0 aliphatic heterocycles. The van der Waals surface area contributed by atoms with Gasteiger partial charge in [0.2, 0.25) is 9.84 Å². The average Bonchev–Trinajstić information content (AvgIpc) is 2.41. The van der Waals surface area contributed by atoms with Crippen molar-refractivity contribution >= 4 is 32.9 Å². The van der Waals surface area contributed by atoms with E-state index in [2.05, 4.69) is 22.4 Å². The number of hydrogen-bond acceptors (Lipinski definition) is 4. The lowest BCUT2D eigenvalue weighted by atomic mass is 10.3. The van der Waals surface area contributed by atoms with E-state index in [4.69, 9.17) is 0 Å². The fourth-order valence-corrected chi connectivity index (χ4v) is 2.88. The third kappa shape index (κ3) is 2.54. The largest absolute Gasteiger partial charge is 0.219 e. The van der Waals surface area contributed by atoms with Gasteiger partial charge in [-0.05, 0) is 48.6 Å². The van der Waals surface area contributed by atoms with Gasteiger partial charge in [-0.1, -0.05) is 18.2 Å². The summed E-state index contributed by atoms with van der Waals surface area (Å²) in [6.07, 6.45) is 0. The molecule has 0 saturated carbocycles. The number of isothiocyanates is 1. The average molecular weight is 275 g/mol. The van der Waals surface area contributed by atoms with Crippen molar-refractivity contribution in [2.45, 2.75) is 9.79 Å². The monoisotopic (exact) mass is 275 g/mol. The maximum absolute atomic E-state index is 12.2. The molecule has 2 aromatic carbocycles. The van der Waals surface area contributed by atoms with E-state index in [0.29, 0.717) is 5.69 Å². The minimum Gasteiger partial charge on any atom is -0.219 e. The first kappa shape index (κ1) is 12.6. The summed E-state index contributed by atoms with van der Waals surface area (Å²) in [6, 6.07) is 14.5. The van der Waals surface area contributed by atoms with Crippen LogP contribution in [-0.2, 0) is 9.84 Å². The first-order valence-electron chi connectivity index (χ1n) is 5.12. The standard InChI is InChI=1S/C13H9NO2S2/c15-18(16,12-4-2-1-3-5-12)13-8-6-11(7-9-13)14-10-17/h1-9H. The molecule has 0 amide bonds. The van der Waals surface area contributed by atoms with Gasteiger partial charge in [-0.3, -0.25) is 0 Å². The molecule has 2 rings (SSSR count). The normalized spacial score (nSPS) is 10.7. The van der Waals surface area contributed by atoms with Crippen molar-refractivity contribution in [3.63, 3.8) is 0 Å². The highest BCUT2D eigenvalue weighted by molar-refractivity contribution is 7.91. The molecule has 0 aliphatic rings. The Balaban J connectivity index is 2.46. The summed E-state index contributed by atoms with van der Waals surface area (Å²) in [5.74, 6) is 0. The zero-order valence-electron chi connectivity index (χ0n) is 9.28. The van der Waals surface area contributed by atoms with Crippen LogP contribution in [0.2, 0.25) is 0 Å². The van der Waals surface area contributed by atoms with Crippen LogP contribution < -0.4 is 0 Å². The van der Waals surface area contributed by atoms with Crippen molar-refractivity contribution < 1.29 is 8.42 Å². The molecular weight excluding hydrogens is 266 g/mol. The van der Waals surface area contributed by atoms with E-state index < -0.39 is 9.84 Å². The quantitative estimate of drug-likeness (QED) is 0.638. The summed E-state index contributed by atoms with van der Waals surface area (Å²) in [5.41, 5.74) is 0.581. The summed E-state index contributed by atoms with van der Waals surface area (Å²) in [6.45, 7) is 0. The van der Waals surface area contributed by atoms with Gasteiger partial charge in [0.15, 0.2) is 0 Å². The van der Waals surface area contributed by atoms with Crippen LogP contribution in [-0.4, -0.2) is 13.6 Å². The topological polar surface area (TPSA) is 46.5 Å². The first-order valence-corrected chi connectivity index (χ1v) is 7.02. The molecule has 0 heterocycles. The molecule has 0 N–H and O–H groups in total. The van der Waals surface area contributed by atoms with Gasteiger partial charge >= 0.3 is 0 Å². The molecule has 0 atom stereocenters. The van der Waals surface area contributed by atoms with Crippen molar-refractivity contribution in [2.75, 3.05) is 0 Å². The number of thiocarbonyl (C=S) groups is 1. The van der Waals surface area contributed by atoms with Gasteiger partial charge in [0.1, 0.15) is 0 Å². The summed E-state index contributed by atoms with van der Waals surface area (Å²) < 4.78 is 24.5. The number of nitrogens with zero attached hydrogens (tertiary/aromatic N) is 1. The zero-order valence-corrected chi connectivity index (χ0v) is 10.9. The van der Waals surface area contributed by atoms with E-state index in [0.717, 1.165) is 0 Å². The summed E-state index contributed by atoms with van der Waals surface area (Å²) in [5, 5.41) is 2.23. The molecule has 90 valence electrons. The van der Waals surface area contributed by atoms with Crippen LogP contribution in [0.3, 0.4) is 0 Å². The Bertz CT molecular complexity index is 686. The maximum Gasteiger partial charge on any atom is 0.206 e. The minimum absolute atomic E-state index is 0.233. The van der Waals surface area contributed by atoms with Gasteiger partial charge in [0, 0.05) is 0 Å². The lowest BCUT2D eigenvalue weighted by Gasteiger charge is -2.04. The fraction of sp³-hybridized carbons (Fsp3) is 0. The molecule has 0 bridgehead atoms. The van der Waals surface area contributed by atoms with E-state index in [1.807, 2.05) is 0 Å². The third-order valence-corrected chi connectivity index (χ3v) is 4.25. The third-order valence-electron chi connectivity index (χ3n) is 2.38. The minimum atomic E-state index is -3.46. The van der Waals surface area contributed by atoms with E-state index >= 15 is 0 Å². The highest BCUT2D eigenvalue weighted by Gasteiger charge is 2.16. The second-order valence-electron chi connectivity index (χ2n) is 3.51. The van der Waals surface area contributed by atoms with Crippen molar-refractivity contribution in [2.24, 2.45) is 4.99 Å². The number of rotatable bonds is 3. The molecular formula is C13H9NO2S2. The second kappa shape index (κ2) is 5.23. The van der Waals surface area contributed by atoms with E-state index in [1.165, 1.54) is 12.1 Å². The van der Waals surface area contributed by atoms with Crippen molar-refractivity contribution in [3.05, 3.63) is 54.6 Å². The van der Waals surface area contributed by atoms with E-state index in [-0.39, 0.29) is 9.79 Å². The number of benzene rings is 2. The Morgan fingerprint density at radius 1 is 0.889 bits per heavy atom. The lowest BCUT2D eigenvalue weighted by Crippen LogP contribution is -2.01. The van der Waals surface area contributed by atoms with Crippen LogP contribution in [0.25, 0.3) is 0 Å². The molecule has 0 fully saturated rings. The molecule has 0 unspecified atom stereocenters. The van der Waals surface area contributed by atoms with Gasteiger partial charge in [0.25, 0.3) is 0 Å². The lowest BCUT2D eigenvalue weighted by molar-refractivity contribution is 0.596. The van der Waals surface area contributed by atoms with Crippen molar-refractivity contribution in [1.29, 1.82) is 0 Å². The van der Waals surface area contributed by atoms with Crippen LogP contribution in [0.1, 0.15) is 0 Å². The fourth-order valence-electron chi connectivity index (χ4n) is 1.49. The molecule has 0 aromatic heterocycles. The van der Waals surface area contributed by atoms with Crippen LogP contribution >= 0.6 is 12.2 Å². The molecule has 0 spiro atoms. The zero-order chi connectivity index (χ0) is 13.0. The molecule has 0 radical (unpaired) electrons. The molecule has 0 aliphatic carbocycles. The van der Waals surface area contributed by atoms with Crippen molar-refractivity contribution in [3.8, 4) is 0 Å². The Morgan fingerprint density at radius 3 is 2.00 bits per heavy atom. The highest BCUT2D eigenvalue weighted by atomic mass is 32.2. The second-order valence-corrected chi connectivity index (χ2v) is 5.65. The number of aliphatic imine (C=N–C) groups is 1. The molecule has 2 aromatic rings. The predicted molar refractivity (Wildman–Crippen MR) is 73.0 cm³/mol. The first-order chi connectivity index (χ1) is 8.64. The Kier molecular flexibility index (Phi) is 3.67. The summed E-state index contributed by atoms with van der Waals surface area (Å²) in [4.78, 5) is 4.28. The Morgan fingerprint density at radius 2 is 1.44 bits per heavy atom. The molecule has 18 heavy (non-hydrogen) atoms. The Hall–Kier alpha value is -1.81. The maximum atomic E-state index is 12.2. The number of sulfone groups is 1. The molecule has 5 heteroatoms. The highest BCUT2D eigenvalue weighted by Crippen LogP contribution is 2.22. The SMILES string of the molecule is O=S(=O)(c1ccccc1)c1ccc(N=C=S)cc1. The van der Waals surface area contributed by atoms with E-state index in [9.17, 15) is 8.42 Å². The van der Waals surface area contributed by atoms with Gasteiger partial charge in [0.05, 0.1) is 20.6 Å². The van der Waals surface area contributed by atoms with Crippen LogP contribution in [0.15, 0.2) is 69.4 Å². The van der Waals surface area contributed by atoms with Crippen LogP contribution in [0, 0.1) is 0 Å². The smallest absolute Gasteiger partial charge is 0.206 e. The van der Waals surface area contributed by atoms with Crippen molar-refractivity contribution in [1.82, 2.24) is 0 Å². The van der Waals surface area contributed by atoms with Gasteiger partial charge in [-0.25, -0.2) is 8.42 Å². The summed E-state index contributed by atoms with van der Waals surface area (Å²) in [7, 11) is -3.46. The predicted octanol–water partition coefficient (Wildman–Crippen LogP) is 3.25. The Labute approximate surface area is 111 Å². The van der Waals surface area contributed by atoms with Gasteiger partial charge < -0.3 is 0 Å². The van der Waals surface area contributed by atoms with E-state index in [1.54, 1.807) is 42.5 Å². The molecule has 0 saturated heterocycles. The van der Waals surface area contributed by atoms with Crippen LogP contribution in [0.5, 0.6) is 0 Å². The van der Waals surface area contributed by atoms with Gasteiger partial charge in [-0.15, -0.1) is 0 Å². The van der Waals surface area contributed by atoms with Crippen LogP contribution in [0.4, 0.5) is 5.69 Å².